The minimum Gasteiger partial charge on any atom is -0.370 e. The summed E-state index contributed by atoms with van der Waals surface area (Å²) in [5, 5.41) is 0. The van der Waals surface area contributed by atoms with Gasteiger partial charge in [0.1, 0.15) is 0 Å². The third-order valence-corrected chi connectivity index (χ3v) is 1.69. The van der Waals surface area contributed by atoms with Gasteiger partial charge in [-0.05, 0) is 41.5 Å². The fourth-order valence-corrected chi connectivity index (χ4v) is 1.31. The zero-order chi connectivity index (χ0) is 10.3. The summed E-state index contributed by atoms with van der Waals surface area (Å²) >= 11 is 0. The van der Waals surface area contributed by atoms with E-state index in [0.29, 0.717) is 12.2 Å². The van der Waals surface area contributed by atoms with E-state index in [1.54, 1.807) is 0 Å². The third-order valence-electron chi connectivity index (χ3n) is 1.69. The van der Waals surface area contributed by atoms with E-state index in [2.05, 4.69) is 41.5 Å². The average molecular weight is 186 g/mol. The van der Waals surface area contributed by atoms with Gasteiger partial charge in [0.15, 0.2) is 0 Å². The molecule has 0 unspecified atom stereocenters. The van der Waals surface area contributed by atoms with Gasteiger partial charge in [0.2, 0.25) is 0 Å². The van der Waals surface area contributed by atoms with Crippen molar-refractivity contribution >= 4 is 0 Å². The minimum absolute atomic E-state index is 0.0410. The molecular weight excluding hydrogens is 164 g/mol. The first-order valence-corrected chi connectivity index (χ1v) is 5.03. The summed E-state index contributed by atoms with van der Waals surface area (Å²) in [5.41, 5.74) is -0.0820. The standard InChI is InChI=1S/C11H22O2/c1-10(2,3)12-8-7-9(8)13-11(4,5)6/h8-9H,7H2,1-6H3/t8-,9-/m0/s1. The van der Waals surface area contributed by atoms with E-state index in [1.165, 1.54) is 0 Å². The Balaban J connectivity index is 2.24. The van der Waals surface area contributed by atoms with Crippen molar-refractivity contribution in [1.29, 1.82) is 0 Å². The molecule has 0 aromatic heterocycles. The molecule has 1 saturated carbocycles. The van der Waals surface area contributed by atoms with Gasteiger partial charge in [0.25, 0.3) is 0 Å². The first kappa shape index (κ1) is 11.0. The zero-order valence-electron chi connectivity index (χ0n) is 9.68. The number of hydrogen-bond donors (Lipinski definition) is 0. The normalized spacial score (nSPS) is 29.1. The molecule has 0 aromatic carbocycles. The van der Waals surface area contributed by atoms with Gasteiger partial charge in [0, 0.05) is 6.42 Å². The molecular formula is C11H22O2. The molecule has 0 aromatic rings. The van der Waals surface area contributed by atoms with Gasteiger partial charge >= 0.3 is 0 Å². The van der Waals surface area contributed by atoms with Crippen LogP contribution in [0.4, 0.5) is 0 Å². The number of rotatable bonds is 2. The van der Waals surface area contributed by atoms with E-state index in [1.807, 2.05) is 0 Å². The largest absolute Gasteiger partial charge is 0.370 e. The van der Waals surface area contributed by atoms with Crippen LogP contribution in [0.5, 0.6) is 0 Å². The van der Waals surface area contributed by atoms with Crippen LogP contribution in [0.15, 0.2) is 0 Å². The summed E-state index contributed by atoms with van der Waals surface area (Å²) in [5.74, 6) is 0. The van der Waals surface area contributed by atoms with Gasteiger partial charge < -0.3 is 9.47 Å². The smallest absolute Gasteiger partial charge is 0.0870 e. The highest BCUT2D eigenvalue weighted by Gasteiger charge is 2.44. The Morgan fingerprint density at radius 3 is 1.31 bits per heavy atom. The molecule has 0 aliphatic heterocycles. The summed E-state index contributed by atoms with van der Waals surface area (Å²) in [7, 11) is 0. The molecule has 2 nitrogen and oxygen atoms in total. The fraction of sp³-hybridized carbons (Fsp3) is 1.00. The van der Waals surface area contributed by atoms with Gasteiger partial charge in [-0.15, -0.1) is 0 Å². The Morgan fingerprint density at radius 2 is 1.08 bits per heavy atom. The SMILES string of the molecule is CC(C)(C)O[C@H]1C[C@@H]1OC(C)(C)C. The van der Waals surface area contributed by atoms with Gasteiger partial charge in [-0.2, -0.15) is 0 Å². The van der Waals surface area contributed by atoms with Crippen LogP contribution in [0.1, 0.15) is 48.0 Å². The highest BCUT2D eigenvalue weighted by atomic mass is 16.6. The van der Waals surface area contributed by atoms with Crippen molar-refractivity contribution in [3.05, 3.63) is 0 Å². The van der Waals surface area contributed by atoms with Crippen LogP contribution in [-0.4, -0.2) is 23.4 Å². The molecule has 78 valence electrons. The van der Waals surface area contributed by atoms with Crippen molar-refractivity contribution in [2.75, 3.05) is 0 Å². The molecule has 0 amide bonds. The second-order valence-electron chi connectivity index (χ2n) is 5.77. The maximum absolute atomic E-state index is 5.78. The maximum Gasteiger partial charge on any atom is 0.0870 e. The van der Waals surface area contributed by atoms with Crippen molar-refractivity contribution < 1.29 is 9.47 Å². The van der Waals surface area contributed by atoms with E-state index < -0.39 is 0 Å². The molecule has 1 rings (SSSR count). The van der Waals surface area contributed by atoms with Crippen LogP contribution in [-0.2, 0) is 9.47 Å². The monoisotopic (exact) mass is 186 g/mol. The van der Waals surface area contributed by atoms with Crippen LogP contribution in [0.3, 0.4) is 0 Å². The van der Waals surface area contributed by atoms with Crippen LogP contribution in [0.25, 0.3) is 0 Å². The van der Waals surface area contributed by atoms with E-state index in [4.69, 9.17) is 9.47 Å². The van der Waals surface area contributed by atoms with Gasteiger partial charge in [-0.25, -0.2) is 0 Å². The van der Waals surface area contributed by atoms with E-state index in [9.17, 15) is 0 Å². The minimum atomic E-state index is -0.0410. The molecule has 1 aliphatic rings. The molecule has 2 heteroatoms. The first-order chi connectivity index (χ1) is 5.67. The summed E-state index contributed by atoms with van der Waals surface area (Å²) in [6.45, 7) is 12.5. The van der Waals surface area contributed by atoms with Crippen molar-refractivity contribution in [3.63, 3.8) is 0 Å². The Hall–Kier alpha value is -0.0800. The van der Waals surface area contributed by atoms with Crippen molar-refractivity contribution in [1.82, 2.24) is 0 Å². The topological polar surface area (TPSA) is 18.5 Å². The molecule has 13 heavy (non-hydrogen) atoms. The van der Waals surface area contributed by atoms with Crippen molar-refractivity contribution in [2.24, 2.45) is 0 Å². The lowest BCUT2D eigenvalue weighted by Crippen LogP contribution is -2.26. The molecule has 1 aliphatic carbocycles. The summed E-state index contributed by atoms with van der Waals surface area (Å²) in [4.78, 5) is 0. The summed E-state index contributed by atoms with van der Waals surface area (Å²) in [6, 6.07) is 0. The quantitative estimate of drug-likeness (QED) is 0.660. The fourth-order valence-electron chi connectivity index (χ4n) is 1.31. The lowest BCUT2D eigenvalue weighted by molar-refractivity contribution is -0.0755. The predicted octanol–water partition coefficient (Wildman–Crippen LogP) is 2.76. The molecule has 0 bridgehead atoms. The van der Waals surface area contributed by atoms with Crippen LogP contribution in [0.2, 0.25) is 0 Å². The van der Waals surface area contributed by atoms with Crippen LogP contribution in [0, 0.1) is 0 Å². The lowest BCUT2D eigenvalue weighted by atomic mass is 10.2. The number of hydrogen-bond acceptors (Lipinski definition) is 2. The third kappa shape index (κ3) is 4.63. The van der Waals surface area contributed by atoms with Gasteiger partial charge in [0.05, 0.1) is 23.4 Å². The first-order valence-electron chi connectivity index (χ1n) is 5.03. The lowest BCUT2D eigenvalue weighted by Gasteiger charge is -2.22. The van der Waals surface area contributed by atoms with Gasteiger partial charge in [-0.1, -0.05) is 0 Å². The molecule has 0 saturated heterocycles. The molecule has 2 atom stereocenters. The van der Waals surface area contributed by atoms with E-state index in [0.717, 1.165) is 6.42 Å². The maximum atomic E-state index is 5.78. The highest BCUT2D eigenvalue weighted by molar-refractivity contribution is 4.92. The molecule has 0 radical (unpaired) electrons. The molecule has 1 fully saturated rings. The average Bonchev–Trinajstić information content (AvgIpc) is 2.36. The Kier molecular flexibility index (Phi) is 2.75. The summed E-state index contributed by atoms with van der Waals surface area (Å²) in [6.07, 6.45) is 1.69. The molecule has 0 N–H and O–H groups in total. The number of ether oxygens (including phenoxy) is 2. The zero-order valence-corrected chi connectivity index (χ0v) is 9.68. The van der Waals surface area contributed by atoms with Crippen LogP contribution >= 0.6 is 0 Å². The van der Waals surface area contributed by atoms with Crippen molar-refractivity contribution in [2.45, 2.75) is 71.4 Å². The highest BCUT2D eigenvalue weighted by Crippen LogP contribution is 2.35. The molecule has 0 spiro atoms. The van der Waals surface area contributed by atoms with E-state index >= 15 is 0 Å². The van der Waals surface area contributed by atoms with Gasteiger partial charge in [-0.3, -0.25) is 0 Å². The summed E-state index contributed by atoms with van der Waals surface area (Å²) < 4.78 is 11.6. The Bertz CT molecular complexity index is 154. The molecule has 0 heterocycles. The van der Waals surface area contributed by atoms with Crippen LogP contribution < -0.4 is 0 Å². The predicted molar refractivity (Wildman–Crippen MR) is 53.9 cm³/mol. The van der Waals surface area contributed by atoms with E-state index in [-0.39, 0.29) is 11.2 Å². The second kappa shape index (κ2) is 3.25. The second-order valence-corrected chi connectivity index (χ2v) is 5.77. The Labute approximate surface area is 81.6 Å². The Morgan fingerprint density at radius 1 is 0.769 bits per heavy atom. The van der Waals surface area contributed by atoms with Crippen molar-refractivity contribution in [3.8, 4) is 0 Å².